The highest BCUT2D eigenvalue weighted by atomic mass is 14.7. The van der Waals surface area contributed by atoms with Crippen molar-refractivity contribution in [2.45, 2.75) is 13.8 Å². The monoisotopic (exact) mass is 234 g/mol. The number of aromatic nitrogens is 1. The number of pyridine rings is 1. The molecular weight excluding hydrogens is 220 g/mol. The van der Waals surface area contributed by atoms with Crippen molar-refractivity contribution >= 4 is 16.3 Å². The summed E-state index contributed by atoms with van der Waals surface area (Å²) < 4.78 is 0. The molecule has 18 heavy (non-hydrogen) atoms. The van der Waals surface area contributed by atoms with E-state index in [2.05, 4.69) is 11.1 Å². The SMILES string of the molecule is C/C=C\C=C(/C)c1nc(C#N)cc2ccccc12. The zero-order chi connectivity index (χ0) is 13.0. The third kappa shape index (κ3) is 2.31. The molecule has 0 saturated carbocycles. The van der Waals surface area contributed by atoms with E-state index >= 15 is 0 Å². The maximum atomic E-state index is 9.03. The highest BCUT2D eigenvalue weighted by molar-refractivity contribution is 5.92. The van der Waals surface area contributed by atoms with Gasteiger partial charge in [0.2, 0.25) is 0 Å². The van der Waals surface area contributed by atoms with Crippen LogP contribution >= 0.6 is 0 Å². The molecule has 88 valence electrons. The molecule has 0 fully saturated rings. The minimum atomic E-state index is 0.455. The van der Waals surface area contributed by atoms with E-state index in [1.54, 1.807) is 0 Å². The highest BCUT2D eigenvalue weighted by Gasteiger charge is 2.06. The Morgan fingerprint density at radius 3 is 2.83 bits per heavy atom. The van der Waals surface area contributed by atoms with Crippen LogP contribution in [-0.2, 0) is 0 Å². The third-order valence-electron chi connectivity index (χ3n) is 2.77. The molecule has 0 saturated heterocycles. The van der Waals surface area contributed by atoms with E-state index < -0.39 is 0 Å². The smallest absolute Gasteiger partial charge is 0.141 e. The van der Waals surface area contributed by atoms with Gasteiger partial charge in [-0.3, -0.25) is 0 Å². The van der Waals surface area contributed by atoms with Gasteiger partial charge < -0.3 is 0 Å². The second-order valence-electron chi connectivity index (χ2n) is 4.06. The van der Waals surface area contributed by atoms with Gasteiger partial charge in [0.25, 0.3) is 0 Å². The second-order valence-corrected chi connectivity index (χ2v) is 4.06. The van der Waals surface area contributed by atoms with Gasteiger partial charge in [0, 0.05) is 5.39 Å². The van der Waals surface area contributed by atoms with Crippen LogP contribution in [0.25, 0.3) is 16.3 Å². The first-order valence-corrected chi connectivity index (χ1v) is 5.86. The minimum Gasteiger partial charge on any atom is -0.237 e. The molecule has 0 bridgehead atoms. The van der Waals surface area contributed by atoms with Crippen LogP contribution in [-0.4, -0.2) is 4.98 Å². The number of rotatable bonds is 2. The zero-order valence-corrected chi connectivity index (χ0v) is 10.5. The first kappa shape index (κ1) is 12.1. The van der Waals surface area contributed by atoms with Gasteiger partial charge in [-0.25, -0.2) is 4.98 Å². The predicted octanol–water partition coefficient (Wildman–Crippen LogP) is 4.09. The van der Waals surface area contributed by atoms with Gasteiger partial charge in [0.1, 0.15) is 11.8 Å². The van der Waals surface area contributed by atoms with Crippen LogP contribution < -0.4 is 0 Å². The first-order chi connectivity index (χ1) is 8.76. The Kier molecular flexibility index (Phi) is 3.54. The Balaban J connectivity index is 2.72. The Morgan fingerprint density at radius 1 is 1.33 bits per heavy atom. The van der Waals surface area contributed by atoms with E-state index in [9.17, 15) is 0 Å². The van der Waals surface area contributed by atoms with Gasteiger partial charge in [-0.1, -0.05) is 42.5 Å². The summed E-state index contributed by atoms with van der Waals surface area (Å²) in [4.78, 5) is 4.41. The normalized spacial score (nSPS) is 11.9. The number of nitrogens with zero attached hydrogens (tertiary/aromatic N) is 2. The number of nitriles is 1. The van der Waals surface area contributed by atoms with Crippen LogP contribution in [0.2, 0.25) is 0 Å². The van der Waals surface area contributed by atoms with Crippen molar-refractivity contribution in [1.29, 1.82) is 5.26 Å². The molecule has 2 rings (SSSR count). The lowest BCUT2D eigenvalue weighted by Gasteiger charge is -2.06. The van der Waals surface area contributed by atoms with Gasteiger partial charge in [0.05, 0.1) is 5.69 Å². The van der Waals surface area contributed by atoms with Gasteiger partial charge >= 0.3 is 0 Å². The number of benzene rings is 1. The van der Waals surface area contributed by atoms with Gasteiger partial charge in [-0.2, -0.15) is 5.26 Å². The molecule has 0 N–H and O–H groups in total. The van der Waals surface area contributed by atoms with Crippen molar-refractivity contribution in [2.24, 2.45) is 0 Å². The van der Waals surface area contributed by atoms with Gasteiger partial charge in [-0.15, -0.1) is 0 Å². The van der Waals surface area contributed by atoms with Crippen LogP contribution in [0.5, 0.6) is 0 Å². The maximum absolute atomic E-state index is 9.03. The molecule has 1 aromatic heterocycles. The van der Waals surface area contributed by atoms with Crippen LogP contribution in [0.1, 0.15) is 25.2 Å². The molecule has 0 aliphatic carbocycles. The van der Waals surface area contributed by atoms with Gasteiger partial charge in [-0.05, 0) is 30.9 Å². The number of hydrogen-bond donors (Lipinski definition) is 0. The second kappa shape index (κ2) is 5.29. The fourth-order valence-electron chi connectivity index (χ4n) is 1.88. The molecule has 2 heteroatoms. The van der Waals surface area contributed by atoms with Gasteiger partial charge in [0.15, 0.2) is 0 Å². The lowest BCUT2D eigenvalue weighted by molar-refractivity contribution is 1.25. The fraction of sp³-hybridized carbons (Fsp3) is 0.125. The van der Waals surface area contributed by atoms with E-state index in [1.807, 2.05) is 62.4 Å². The van der Waals surface area contributed by atoms with Crippen molar-refractivity contribution in [3.8, 4) is 6.07 Å². The number of fused-ring (bicyclic) bond motifs is 1. The topological polar surface area (TPSA) is 36.7 Å². The molecule has 0 amide bonds. The standard InChI is InChI=1S/C16H14N2/c1-3-4-7-12(2)16-15-9-6-5-8-13(15)10-14(11-17)18-16/h3-10H,1-2H3/b4-3-,12-7+. The fourth-order valence-corrected chi connectivity index (χ4v) is 1.88. The van der Waals surface area contributed by atoms with E-state index in [-0.39, 0.29) is 0 Å². The molecule has 0 radical (unpaired) electrons. The quantitative estimate of drug-likeness (QED) is 0.734. The maximum Gasteiger partial charge on any atom is 0.141 e. The number of allylic oxidation sites excluding steroid dienone is 4. The summed E-state index contributed by atoms with van der Waals surface area (Å²) in [6, 6.07) is 11.9. The number of hydrogen-bond acceptors (Lipinski definition) is 2. The molecule has 0 spiro atoms. The average Bonchev–Trinajstić information content (AvgIpc) is 2.43. The summed E-state index contributed by atoms with van der Waals surface area (Å²) in [6.45, 7) is 3.98. The van der Waals surface area contributed by atoms with Crippen molar-refractivity contribution in [3.05, 3.63) is 59.9 Å². The zero-order valence-electron chi connectivity index (χ0n) is 10.5. The van der Waals surface area contributed by atoms with Crippen molar-refractivity contribution in [1.82, 2.24) is 4.98 Å². The molecule has 2 aromatic rings. The van der Waals surface area contributed by atoms with Crippen LogP contribution in [0.15, 0.2) is 48.6 Å². The van der Waals surface area contributed by atoms with Crippen molar-refractivity contribution in [3.63, 3.8) is 0 Å². The summed E-state index contributed by atoms with van der Waals surface area (Å²) in [7, 11) is 0. The summed E-state index contributed by atoms with van der Waals surface area (Å²) in [5.74, 6) is 0. The molecule has 0 atom stereocenters. The summed E-state index contributed by atoms with van der Waals surface area (Å²) in [6.07, 6.45) is 5.96. The Bertz CT molecular complexity index is 673. The van der Waals surface area contributed by atoms with Crippen molar-refractivity contribution < 1.29 is 0 Å². The Morgan fingerprint density at radius 2 is 2.11 bits per heavy atom. The molecule has 0 aliphatic rings. The first-order valence-electron chi connectivity index (χ1n) is 5.86. The Hall–Kier alpha value is -2.40. The molecule has 1 heterocycles. The van der Waals surface area contributed by atoms with E-state index in [0.717, 1.165) is 22.0 Å². The minimum absolute atomic E-state index is 0.455. The molecule has 0 unspecified atom stereocenters. The van der Waals surface area contributed by atoms with E-state index in [1.165, 1.54) is 0 Å². The highest BCUT2D eigenvalue weighted by Crippen LogP contribution is 2.24. The molecule has 1 aromatic carbocycles. The Labute approximate surface area is 107 Å². The molecule has 2 nitrogen and oxygen atoms in total. The van der Waals surface area contributed by atoms with E-state index in [4.69, 9.17) is 5.26 Å². The average molecular weight is 234 g/mol. The molecule has 0 aliphatic heterocycles. The predicted molar refractivity (Wildman–Crippen MR) is 74.9 cm³/mol. The summed E-state index contributed by atoms with van der Waals surface area (Å²) >= 11 is 0. The third-order valence-corrected chi connectivity index (χ3v) is 2.77. The summed E-state index contributed by atoms with van der Waals surface area (Å²) in [5.41, 5.74) is 2.39. The van der Waals surface area contributed by atoms with Crippen LogP contribution in [0.3, 0.4) is 0 Å². The molecular formula is C16H14N2. The van der Waals surface area contributed by atoms with Crippen molar-refractivity contribution in [2.75, 3.05) is 0 Å². The van der Waals surface area contributed by atoms with Crippen LogP contribution in [0.4, 0.5) is 0 Å². The lowest BCUT2D eigenvalue weighted by atomic mass is 10.0. The largest absolute Gasteiger partial charge is 0.237 e. The van der Waals surface area contributed by atoms with E-state index in [0.29, 0.717) is 5.69 Å². The lowest BCUT2D eigenvalue weighted by Crippen LogP contribution is -1.92. The summed E-state index contributed by atoms with van der Waals surface area (Å²) in [5, 5.41) is 11.2. The van der Waals surface area contributed by atoms with Crippen LogP contribution in [0, 0.1) is 11.3 Å².